The molecular formula is C7H9O4S2-. The molecule has 0 aliphatic carbocycles. The van der Waals surface area contributed by atoms with Crippen molar-refractivity contribution in [3.63, 3.8) is 0 Å². The third kappa shape index (κ3) is 4.87. The molecule has 74 valence electrons. The van der Waals surface area contributed by atoms with E-state index < -0.39 is 10.1 Å². The summed E-state index contributed by atoms with van der Waals surface area (Å²) in [6.45, 7) is 0.262. The van der Waals surface area contributed by atoms with Crippen LogP contribution in [0, 0.1) is 0 Å². The number of hydrogen-bond donors (Lipinski definition) is 0. The zero-order chi connectivity index (χ0) is 9.73. The lowest BCUT2D eigenvalue weighted by Crippen LogP contribution is -2.08. The molecule has 0 spiro atoms. The van der Waals surface area contributed by atoms with Crippen LogP contribution in [0.2, 0.25) is 0 Å². The van der Waals surface area contributed by atoms with Crippen LogP contribution in [0.25, 0.3) is 0 Å². The van der Waals surface area contributed by atoms with Crippen molar-refractivity contribution in [1.29, 1.82) is 0 Å². The van der Waals surface area contributed by atoms with Gasteiger partial charge >= 0.3 is 0 Å². The van der Waals surface area contributed by atoms with E-state index in [1.165, 1.54) is 11.3 Å². The maximum absolute atomic E-state index is 10.2. The van der Waals surface area contributed by atoms with Crippen LogP contribution in [0.1, 0.15) is 6.42 Å². The second-order valence-electron chi connectivity index (χ2n) is 2.42. The van der Waals surface area contributed by atoms with Crippen LogP contribution < -0.4 is 4.74 Å². The lowest BCUT2D eigenvalue weighted by atomic mass is 10.5. The second kappa shape index (κ2) is 4.59. The van der Waals surface area contributed by atoms with E-state index in [1.54, 1.807) is 6.07 Å². The van der Waals surface area contributed by atoms with Gasteiger partial charge in [-0.05, 0) is 17.9 Å². The Morgan fingerprint density at radius 3 is 2.85 bits per heavy atom. The highest BCUT2D eigenvalue weighted by Gasteiger charge is 1.96. The average molecular weight is 221 g/mol. The lowest BCUT2D eigenvalue weighted by molar-refractivity contribution is 0.317. The van der Waals surface area contributed by atoms with E-state index >= 15 is 0 Å². The minimum atomic E-state index is -4.09. The van der Waals surface area contributed by atoms with Crippen molar-refractivity contribution in [2.75, 3.05) is 12.4 Å². The predicted molar refractivity (Wildman–Crippen MR) is 49.0 cm³/mol. The topological polar surface area (TPSA) is 66.4 Å². The zero-order valence-corrected chi connectivity index (χ0v) is 8.44. The highest BCUT2D eigenvalue weighted by atomic mass is 32.2. The molecule has 0 saturated carbocycles. The molecule has 0 saturated heterocycles. The van der Waals surface area contributed by atoms with E-state index in [0.29, 0.717) is 5.75 Å². The van der Waals surface area contributed by atoms with Crippen molar-refractivity contribution >= 4 is 21.5 Å². The second-order valence-corrected chi connectivity index (χ2v) is 4.73. The number of rotatable bonds is 5. The molecule has 1 heterocycles. The third-order valence-electron chi connectivity index (χ3n) is 1.30. The van der Waals surface area contributed by atoms with Gasteiger partial charge in [0.15, 0.2) is 0 Å². The number of thiophene rings is 1. The SMILES string of the molecule is O=S(=O)([O-])CCCOc1ccsc1. The van der Waals surface area contributed by atoms with Crippen LogP contribution in [0.4, 0.5) is 0 Å². The molecule has 0 N–H and O–H groups in total. The van der Waals surface area contributed by atoms with Gasteiger partial charge in [-0.2, -0.15) is 0 Å². The molecule has 0 radical (unpaired) electrons. The van der Waals surface area contributed by atoms with E-state index in [2.05, 4.69) is 0 Å². The maximum Gasteiger partial charge on any atom is 0.129 e. The summed E-state index contributed by atoms with van der Waals surface area (Å²) < 4.78 is 35.7. The summed E-state index contributed by atoms with van der Waals surface area (Å²) in [7, 11) is -4.09. The van der Waals surface area contributed by atoms with Crippen molar-refractivity contribution in [1.82, 2.24) is 0 Å². The first-order valence-corrected chi connectivity index (χ1v) is 6.18. The molecule has 1 aromatic rings. The lowest BCUT2D eigenvalue weighted by Gasteiger charge is -2.06. The van der Waals surface area contributed by atoms with Crippen LogP contribution in [0.15, 0.2) is 16.8 Å². The van der Waals surface area contributed by atoms with E-state index in [9.17, 15) is 13.0 Å². The molecule has 1 aromatic heterocycles. The van der Waals surface area contributed by atoms with E-state index in [-0.39, 0.29) is 18.8 Å². The van der Waals surface area contributed by atoms with Crippen LogP contribution in [-0.2, 0) is 10.1 Å². The highest BCUT2D eigenvalue weighted by molar-refractivity contribution is 7.85. The van der Waals surface area contributed by atoms with Gasteiger partial charge in [-0.15, -0.1) is 11.3 Å². The van der Waals surface area contributed by atoms with Gasteiger partial charge in [0.1, 0.15) is 5.75 Å². The van der Waals surface area contributed by atoms with Crippen LogP contribution in [0.5, 0.6) is 5.75 Å². The van der Waals surface area contributed by atoms with Crippen LogP contribution >= 0.6 is 11.3 Å². The predicted octanol–water partition coefficient (Wildman–Crippen LogP) is 1.06. The van der Waals surface area contributed by atoms with Gasteiger partial charge in [0, 0.05) is 11.1 Å². The summed E-state index contributed by atoms with van der Waals surface area (Å²) in [5, 5.41) is 3.67. The molecule has 0 unspecified atom stereocenters. The molecule has 0 aliphatic heterocycles. The smallest absolute Gasteiger partial charge is 0.129 e. The van der Waals surface area contributed by atoms with Crippen molar-refractivity contribution in [2.24, 2.45) is 0 Å². The molecule has 4 nitrogen and oxygen atoms in total. The van der Waals surface area contributed by atoms with Gasteiger partial charge in [0.2, 0.25) is 0 Å². The quantitative estimate of drug-likeness (QED) is 0.551. The van der Waals surface area contributed by atoms with Crippen molar-refractivity contribution in [3.8, 4) is 5.75 Å². The van der Waals surface area contributed by atoms with Crippen molar-refractivity contribution < 1.29 is 17.7 Å². The van der Waals surface area contributed by atoms with Gasteiger partial charge in [-0.25, -0.2) is 8.42 Å². The van der Waals surface area contributed by atoms with E-state index in [0.717, 1.165) is 0 Å². The first kappa shape index (κ1) is 10.5. The fraction of sp³-hybridized carbons (Fsp3) is 0.429. The monoisotopic (exact) mass is 221 g/mol. The van der Waals surface area contributed by atoms with Gasteiger partial charge in [0.05, 0.1) is 16.7 Å². The summed E-state index contributed by atoms with van der Waals surface area (Å²) in [6.07, 6.45) is 0.238. The molecule has 0 atom stereocenters. The molecule has 0 fully saturated rings. The van der Waals surface area contributed by atoms with E-state index in [4.69, 9.17) is 4.74 Å². The van der Waals surface area contributed by atoms with Gasteiger partial charge in [0.25, 0.3) is 0 Å². The normalized spacial score (nSPS) is 11.5. The molecule has 0 amide bonds. The molecule has 0 aliphatic rings. The Morgan fingerprint density at radius 2 is 2.31 bits per heavy atom. The van der Waals surface area contributed by atoms with Gasteiger partial charge in [-0.3, -0.25) is 0 Å². The maximum atomic E-state index is 10.2. The number of hydrogen-bond acceptors (Lipinski definition) is 5. The fourth-order valence-corrected chi connectivity index (χ4v) is 1.80. The molecule has 13 heavy (non-hydrogen) atoms. The minimum absolute atomic E-state index is 0.238. The van der Waals surface area contributed by atoms with Crippen molar-refractivity contribution in [2.45, 2.75) is 6.42 Å². The average Bonchev–Trinajstić information content (AvgIpc) is 2.48. The van der Waals surface area contributed by atoms with Crippen LogP contribution in [-0.4, -0.2) is 25.3 Å². The summed E-state index contributed by atoms with van der Waals surface area (Å²) in [6, 6.07) is 1.79. The Labute approximate surface area is 80.9 Å². The number of ether oxygens (including phenoxy) is 1. The summed E-state index contributed by atoms with van der Waals surface area (Å²) in [5.74, 6) is 0.352. The van der Waals surface area contributed by atoms with Crippen molar-refractivity contribution in [3.05, 3.63) is 16.8 Å². The Balaban J connectivity index is 2.16. The third-order valence-corrected chi connectivity index (χ3v) is 2.75. The molecular weight excluding hydrogens is 212 g/mol. The standard InChI is InChI=1S/C7H10O4S2/c8-13(9,10)5-1-3-11-7-2-4-12-6-7/h2,4,6H,1,3,5H2,(H,8,9,10)/p-1. The summed E-state index contributed by atoms with van der Waals surface area (Å²) in [5.41, 5.74) is 0. The summed E-state index contributed by atoms with van der Waals surface area (Å²) in [4.78, 5) is 0. The Hall–Kier alpha value is -0.590. The minimum Gasteiger partial charge on any atom is -0.748 e. The molecule has 0 bridgehead atoms. The van der Waals surface area contributed by atoms with E-state index in [1.807, 2.05) is 10.8 Å². The Bertz CT molecular complexity index is 327. The zero-order valence-electron chi connectivity index (χ0n) is 6.80. The van der Waals surface area contributed by atoms with Gasteiger partial charge < -0.3 is 9.29 Å². The first-order chi connectivity index (χ1) is 6.08. The largest absolute Gasteiger partial charge is 0.748 e. The first-order valence-electron chi connectivity index (χ1n) is 3.66. The molecule has 6 heteroatoms. The highest BCUT2D eigenvalue weighted by Crippen LogP contribution is 2.14. The Morgan fingerprint density at radius 1 is 1.54 bits per heavy atom. The molecule has 0 aromatic carbocycles. The van der Waals surface area contributed by atoms with Gasteiger partial charge in [-0.1, -0.05) is 0 Å². The summed E-state index contributed by atoms with van der Waals surface area (Å²) >= 11 is 1.50. The Kier molecular flexibility index (Phi) is 3.71. The van der Waals surface area contributed by atoms with Crippen LogP contribution in [0.3, 0.4) is 0 Å². The fourth-order valence-electron chi connectivity index (χ4n) is 0.760. The molecule has 1 rings (SSSR count).